The summed E-state index contributed by atoms with van der Waals surface area (Å²) in [6.07, 6.45) is 4.46. The summed E-state index contributed by atoms with van der Waals surface area (Å²) in [5.74, 6) is 0.641. The van der Waals surface area contributed by atoms with Crippen LogP contribution in [0.2, 0.25) is 0 Å². The Morgan fingerprint density at radius 2 is 1.69 bits per heavy atom. The largest absolute Gasteiger partial charge is 0.491 e. The highest BCUT2D eigenvalue weighted by Gasteiger charge is 2.41. The lowest BCUT2D eigenvalue weighted by molar-refractivity contribution is -0.384. The van der Waals surface area contributed by atoms with Crippen LogP contribution < -0.4 is 10.1 Å². The summed E-state index contributed by atoms with van der Waals surface area (Å²) in [6, 6.07) is 13.6. The fourth-order valence-corrected chi connectivity index (χ4v) is 3.83. The van der Waals surface area contributed by atoms with Gasteiger partial charge in [-0.15, -0.1) is 0 Å². The van der Waals surface area contributed by atoms with Crippen molar-refractivity contribution in [3.63, 3.8) is 0 Å². The summed E-state index contributed by atoms with van der Waals surface area (Å²) in [6.45, 7) is 0.974. The van der Waals surface area contributed by atoms with Crippen molar-refractivity contribution in [2.75, 3.05) is 25.6 Å². The first-order valence-electron chi connectivity index (χ1n) is 9.83. The second-order valence-electron chi connectivity index (χ2n) is 7.27. The number of methoxy groups -OCH3 is 1. The zero-order valence-corrected chi connectivity index (χ0v) is 16.6. The molecule has 2 aromatic rings. The van der Waals surface area contributed by atoms with Crippen LogP contribution in [0.1, 0.15) is 37.7 Å². The molecule has 1 fully saturated rings. The zero-order chi connectivity index (χ0) is 20.7. The predicted molar refractivity (Wildman–Crippen MR) is 110 cm³/mol. The van der Waals surface area contributed by atoms with Gasteiger partial charge in [0.2, 0.25) is 5.91 Å². The highest BCUT2D eigenvalue weighted by atomic mass is 16.6. The van der Waals surface area contributed by atoms with Crippen LogP contribution in [0.5, 0.6) is 5.75 Å². The van der Waals surface area contributed by atoms with Gasteiger partial charge >= 0.3 is 0 Å². The number of non-ortho nitro benzene ring substituents is 1. The highest BCUT2D eigenvalue weighted by Crippen LogP contribution is 2.41. The molecule has 154 valence electrons. The van der Waals surface area contributed by atoms with Crippen molar-refractivity contribution in [2.45, 2.75) is 37.5 Å². The average Bonchev–Trinajstić information content (AvgIpc) is 2.75. The summed E-state index contributed by atoms with van der Waals surface area (Å²) in [4.78, 5) is 23.9. The molecule has 0 heterocycles. The molecule has 3 rings (SSSR count). The van der Waals surface area contributed by atoms with Gasteiger partial charge in [-0.05, 0) is 42.7 Å². The van der Waals surface area contributed by atoms with E-state index in [4.69, 9.17) is 9.47 Å². The number of anilines is 1. The number of ether oxygens (including phenoxy) is 2. The van der Waals surface area contributed by atoms with Crippen molar-refractivity contribution < 1.29 is 19.2 Å². The maximum atomic E-state index is 13.3. The molecule has 1 saturated carbocycles. The maximum Gasteiger partial charge on any atom is 0.269 e. The van der Waals surface area contributed by atoms with Gasteiger partial charge in [-0.2, -0.15) is 0 Å². The molecule has 1 aliphatic carbocycles. The number of carbonyl (C=O) groups is 1. The van der Waals surface area contributed by atoms with Crippen molar-refractivity contribution in [3.05, 3.63) is 64.2 Å². The maximum absolute atomic E-state index is 13.3. The third-order valence-electron chi connectivity index (χ3n) is 5.44. The van der Waals surface area contributed by atoms with Gasteiger partial charge in [-0.1, -0.05) is 31.4 Å². The van der Waals surface area contributed by atoms with Crippen molar-refractivity contribution >= 4 is 17.3 Å². The van der Waals surface area contributed by atoms with E-state index in [1.54, 1.807) is 19.2 Å². The molecule has 0 unspecified atom stereocenters. The van der Waals surface area contributed by atoms with E-state index in [9.17, 15) is 14.9 Å². The summed E-state index contributed by atoms with van der Waals surface area (Å²) in [7, 11) is 1.62. The summed E-state index contributed by atoms with van der Waals surface area (Å²) in [5.41, 5.74) is 0.894. The van der Waals surface area contributed by atoms with E-state index in [1.165, 1.54) is 12.1 Å². The van der Waals surface area contributed by atoms with E-state index >= 15 is 0 Å². The van der Waals surface area contributed by atoms with E-state index in [-0.39, 0.29) is 11.6 Å². The van der Waals surface area contributed by atoms with Crippen molar-refractivity contribution in [3.8, 4) is 5.75 Å². The molecule has 7 heteroatoms. The molecule has 0 bridgehead atoms. The molecule has 0 radical (unpaired) electrons. The monoisotopic (exact) mass is 398 g/mol. The van der Waals surface area contributed by atoms with Crippen LogP contribution in [-0.4, -0.2) is 31.2 Å². The van der Waals surface area contributed by atoms with Crippen LogP contribution in [-0.2, 0) is 14.9 Å². The molecule has 2 aromatic carbocycles. The van der Waals surface area contributed by atoms with Crippen molar-refractivity contribution in [1.29, 1.82) is 0 Å². The van der Waals surface area contributed by atoms with Crippen LogP contribution in [0, 0.1) is 10.1 Å². The second-order valence-corrected chi connectivity index (χ2v) is 7.27. The number of hydrogen-bond acceptors (Lipinski definition) is 5. The number of nitrogens with one attached hydrogen (secondary N) is 1. The molecule has 1 N–H and O–H groups in total. The van der Waals surface area contributed by atoms with Gasteiger partial charge in [-0.25, -0.2) is 0 Å². The molecular formula is C22H26N2O5. The zero-order valence-electron chi connectivity index (χ0n) is 16.6. The minimum atomic E-state index is -0.666. The first-order chi connectivity index (χ1) is 14.0. The summed E-state index contributed by atoms with van der Waals surface area (Å²) in [5, 5.41) is 14.0. The lowest BCUT2D eigenvalue weighted by Gasteiger charge is -2.36. The van der Waals surface area contributed by atoms with Crippen molar-refractivity contribution in [1.82, 2.24) is 0 Å². The topological polar surface area (TPSA) is 90.7 Å². The van der Waals surface area contributed by atoms with Gasteiger partial charge in [0.05, 0.1) is 16.9 Å². The number of nitro groups is 1. The number of hydrogen-bond donors (Lipinski definition) is 1. The van der Waals surface area contributed by atoms with Gasteiger partial charge in [0.25, 0.3) is 5.69 Å². The van der Waals surface area contributed by atoms with E-state index in [0.717, 1.165) is 37.7 Å². The minimum Gasteiger partial charge on any atom is -0.491 e. The Labute approximate surface area is 170 Å². The molecule has 0 atom stereocenters. The number of rotatable bonds is 8. The van der Waals surface area contributed by atoms with E-state index in [2.05, 4.69) is 5.32 Å². The lowest BCUT2D eigenvalue weighted by atomic mass is 9.68. The van der Waals surface area contributed by atoms with Gasteiger partial charge in [0.1, 0.15) is 12.4 Å². The number of benzene rings is 2. The van der Waals surface area contributed by atoms with Gasteiger partial charge < -0.3 is 14.8 Å². The highest BCUT2D eigenvalue weighted by molar-refractivity contribution is 5.99. The molecule has 0 spiro atoms. The molecule has 0 aromatic heterocycles. The minimum absolute atomic E-state index is 0.0316. The van der Waals surface area contributed by atoms with Gasteiger partial charge in [-0.3, -0.25) is 14.9 Å². The van der Waals surface area contributed by atoms with E-state index < -0.39 is 10.3 Å². The van der Waals surface area contributed by atoms with Crippen LogP contribution in [0.15, 0.2) is 48.5 Å². The SMILES string of the molecule is COCCOc1ccc(NC(=O)C2(c3ccc([N+](=O)[O-])cc3)CCCCC2)cc1. The molecule has 1 aliphatic rings. The average molecular weight is 398 g/mol. The van der Waals surface area contributed by atoms with Crippen LogP contribution >= 0.6 is 0 Å². The fraction of sp³-hybridized carbons (Fsp3) is 0.409. The number of nitro benzene ring substituents is 1. The standard InChI is InChI=1S/C22H26N2O5/c1-28-15-16-29-20-11-7-18(8-12-20)23-21(25)22(13-3-2-4-14-22)17-5-9-19(10-6-17)24(26)27/h5-12H,2-4,13-16H2,1H3,(H,23,25). The van der Waals surface area contributed by atoms with Crippen LogP contribution in [0.4, 0.5) is 11.4 Å². The number of nitrogens with zero attached hydrogens (tertiary/aromatic N) is 1. The van der Waals surface area contributed by atoms with Gasteiger partial charge in [0, 0.05) is 24.9 Å². The Kier molecular flexibility index (Phi) is 6.82. The molecule has 7 nitrogen and oxygen atoms in total. The molecule has 0 aliphatic heterocycles. The van der Waals surface area contributed by atoms with E-state index in [1.807, 2.05) is 24.3 Å². The Morgan fingerprint density at radius 1 is 1.03 bits per heavy atom. The second kappa shape index (κ2) is 9.52. The Balaban J connectivity index is 1.76. The molecular weight excluding hydrogens is 372 g/mol. The van der Waals surface area contributed by atoms with Crippen LogP contribution in [0.3, 0.4) is 0 Å². The third-order valence-corrected chi connectivity index (χ3v) is 5.44. The normalized spacial score (nSPS) is 15.5. The first-order valence-corrected chi connectivity index (χ1v) is 9.83. The third kappa shape index (κ3) is 4.92. The lowest BCUT2D eigenvalue weighted by Crippen LogP contribution is -2.42. The Bertz CT molecular complexity index is 827. The predicted octanol–water partition coefficient (Wildman–Crippen LogP) is 4.46. The fourth-order valence-electron chi connectivity index (χ4n) is 3.83. The van der Waals surface area contributed by atoms with Crippen molar-refractivity contribution in [2.24, 2.45) is 0 Å². The smallest absolute Gasteiger partial charge is 0.269 e. The van der Waals surface area contributed by atoms with Crippen LogP contribution in [0.25, 0.3) is 0 Å². The molecule has 0 saturated heterocycles. The summed E-state index contributed by atoms with van der Waals surface area (Å²) >= 11 is 0. The molecule has 1 amide bonds. The van der Waals surface area contributed by atoms with E-state index in [0.29, 0.717) is 24.7 Å². The Hall–Kier alpha value is -2.93. The molecule has 29 heavy (non-hydrogen) atoms. The van der Waals surface area contributed by atoms with Gasteiger partial charge in [0.15, 0.2) is 0 Å². The Morgan fingerprint density at radius 3 is 2.28 bits per heavy atom. The number of amides is 1. The quantitative estimate of drug-likeness (QED) is 0.403. The summed E-state index contributed by atoms with van der Waals surface area (Å²) < 4.78 is 10.5. The first kappa shape index (κ1) is 20.8. The number of carbonyl (C=O) groups excluding carboxylic acids is 1.